The highest BCUT2D eigenvalue weighted by Gasteiger charge is 2.48. The van der Waals surface area contributed by atoms with Crippen LogP contribution in [0.3, 0.4) is 0 Å². The predicted molar refractivity (Wildman–Crippen MR) is 70.8 cm³/mol. The number of hydrogen-bond donors (Lipinski definition) is 1. The molecular weight excluding hydrogens is 248 g/mol. The first-order valence-corrected chi connectivity index (χ1v) is 6.74. The van der Waals surface area contributed by atoms with E-state index >= 15 is 0 Å². The highest BCUT2D eigenvalue weighted by molar-refractivity contribution is 5.19. The molecule has 2 rings (SSSR count). The van der Waals surface area contributed by atoms with E-state index in [9.17, 15) is 8.78 Å². The largest absolute Gasteiger partial charge is 0.378 e. The van der Waals surface area contributed by atoms with Gasteiger partial charge >= 0.3 is 0 Å². The van der Waals surface area contributed by atoms with Crippen molar-refractivity contribution in [2.75, 3.05) is 6.61 Å². The molecule has 2 atom stereocenters. The summed E-state index contributed by atoms with van der Waals surface area (Å²) in [6.45, 7) is 7.31. The van der Waals surface area contributed by atoms with Gasteiger partial charge in [-0.15, -0.1) is 0 Å². The Morgan fingerprint density at radius 2 is 2.11 bits per heavy atom. The van der Waals surface area contributed by atoms with Gasteiger partial charge in [0.05, 0.1) is 6.10 Å². The summed E-state index contributed by atoms with van der Waals surface area (Å²) in [6, 6.07) is 3.82. The van der Waals surface area contributed by atoms with Gasteiger partial charge in [-0.3, -0.25) is 0 Å². The Kier molecular flexibility index (Phi) is 4.21. The van der Waals surface area contributed by atoms with Crippen molar-refractivity contribution in [2.45, 2.75) is 45.9 Å². The number of halogens is 2. The topological polar surface area (TPSA) is 21.3 Å². The van der Waals surface area contributed by atoms with Crippen LogP contribution in [0.1, 0.15) is 32.8 Å². The van der Waals surface area contributed by atoms with E-state index in [0.29, 0.717) is 18.7 Å². The first-order chi connectivity index (χ1) is 8.95. The van der Waals surface area contributed by atoms with Crippen LogP contribution >= 0.6 is 0 Å². The van der Waals surface area contributed by atoms with E-state index < -0.39 is 5.82 Å². The van der Waals surface area contributed by atoms with Gasteiger partial charge in [0.25, 0.3) is 0 Å². The molecule has 0 radical (unpaired) electrons. The molecule has 0 aromatic heterocycles. The quantitative estimate of drug-likeness (QED) is 0.886. The number of rotatable bonds is 5. The highest BCUT2D eigenvalue weighted by Crippen LogP contribution is 2.42. The third-order valence-electron chi connectivity index (χ3n) is 4.09. The summed E-state index contributed by atoms with van der Waals surface area (Å²) in [7, 11) is 0. The van der Waals surface area contributed by atoms with E-state index in [-0.39, 0.29) is 23.4 Å². The minimum absolute atomic E-state index is 0.0276. The zero-order valence-electron chi connectivity index (χ0n) is 11.7. The van der Waals surface area contributed by atoms with Crippen LogP contribution in [0.4, 0.5) is 8.78 Å². The summed E-state index contributed by atoms with van der Waals surface area (Å²) in [5.41, 5.74) is 0.399. The van der Waals surface area contributed by atoms with E-state index in [1.807, 2.05) is 6.92 Å². The summed E-state index contributed by atoms with van der Waals surface area (Å²) >= 11 is 0. The second-order valence-corrected chi connectivity index (χ2v) is 5.67. The fourth-order valence-electron chi connectivity index (χ4n) is 2.63. The van der Waals surface area contributed by atoms with E-state index in [2.05, 4.69) is 19.2 Å². The van der Waals surface area contributed by atoms with Crippen molar-refractivity contribution in [3.05, 3.63) is 35.4 Å². The fourth-order valence-corrected chi connectivity index (χ4v) is 2.63. The van der Waals surface area contributed by atoms with Gasteiger partial charge in [-0.05, 0) is 31.5 Å². The van der Waals surface area contributed by atoms with Crippen LogP contribution in [-0.2, 0) is 11.3 Å². The Balaban J connectivity index is 1.92. The van der Waals surface area contributed by atoms with Crippen molar-refractivity contribution in [1.29, 1.82) is 0 Å². The van der Waals surface area contributed by atoms with Crippen molar-refractivity contribution < 1.29 is 13.5 Å². The van der Waals surface area contributed by atoms with Crippen LogP contribution in [0.15, 0.2) is 18.2 Å². The molecule has 1 aromatic carbocycles. The lowest BCUT2D eigenvalue weighted by molar-refractivity contribution is -0.114. The van der Waals surface area contributed by atoms with Gasteiger partial charge in [-0.1, -0.05) is 13.8 Å². The lowest BCUT2D eigenvalue weighted by Gasteiger charge is -2.52. The Hall–Kier alpha value is -1.00. The predicted octanol–water partition coefficient (Wildman–Crippen LogP) is 3.26. The molecule has 0 heterocycles. The number of nitrogens with one attached hydrogen (secondary N) is 1. The molecule has 1 aliphatic rings. The summed E-state index contributed by atoms with van der Waals surface area (Å²) < 4.78 is 32.2. The molecule has 0 aliphatic heterocycles. The molecule has 2 unspecified atom stereocenters. The maximum atomic E-state index is 13.5. The third kappa shape index (κ3) is 2.95. The number of benzene rings is 1. The average molecular weight is 269 g/mol. The first kappa shape index (κ1) is 14.4. The zero-order chi connectivity index (χ0) is 14.0. The maximum absolute atomic E-state index is 13.5. The molecule has 1 N–H and O–H groups in total. The van der Waals surface area contributed by atoms with E-state index in [4.69, 9.17) is 4.74 Å². The molecule has 2 nitrogen and oxygen atoms in total. The van der Waals surface area contributed by atoms with Gasteiger partial charge in [-0.25, -0.2) is 8.78 Å². The summed E-state index contributed by atoms with van der Waals surface area (Å²) in [5.74, 6) is -0.773. The molecule has 4 heteroatoms. The fraction of sp³-hybridized carbons (Fsp3) is 0.600. The standard InChI is InChI=1S/C15H21F2NO/c1-4-19-14-8-13(15(14,2)3)18-9-10-7-11(16)5-6-12(10)17/h5-7,13-14,18H,4,8-9H2,1-3H3. The van der Waals surface area contributed by atoms with E-state index in [0.717, 1.165) is 12.5 Å². The lowest BCUT2D eigenvalue weighted by Crippen LogP contribution is -2.60. The normalized spacial score (nSPS) is 25.1. The van der Waals surface area contributed by atoms with Crippen molar-refractivity contribution >= 4 is 0 Å². The molecule has 1 saturated carbocycles. The van der Waals surface area contributed by atoms with Gasteiger partial charge in [0.1, 0.15) is 11.6 Å². The molecule has 0 bridgehead atoms. The maximum Gasteiger partial charge on any atom is 0.127 e. The SMILES string of the molecule is CCOC1CC(NCc2cc(F)ccc2F)C1(C)C. The van der Waals surface area contributed by atoms with Gasteiger partial charge < -0.3 is 10.1 Å². The molecule has 1 aromatic rings. The second-order valence-electron chi connectivity index (χ2n) is 5.67. The third-order valence-corrected chi connectivity index (χ3v) is 4.09. The minimum atomic E-state index is -0.404. The smallest absolute Gasteiger partial charge is 0.127 e. The molecule has 106 valence electrons. The van der Waals surface area contributed by atoms with Crippen molar-refractivity contribution in [2.24, 2.45) is 5.41 Å². The van der Waals surface area contributed by atoms with Crippen LogP contribution in [0.2, 0.25) is 0 Å². The molecule has 0 saturated heterocycles. The van der Waals surface area contributed by atoms with Gasteiger partial charge in [0.15, 0.2) is 0 Å². The van der Waals surface area contributed by atoms with Crippen LogP contribution in [0, 0.1) is 17.0 Å². The summed E-state index contributed by atoms with van der Waals surface area (Å²) in [6.07, 6.45) is 1.16. The van der Waals surface area contributed by atoms with E-state index in [1.54, 1.807) is 0 Å². The second kappa shape index (κ2) is 5.55. The van der Waals surface area contributed by atoms with E-state index in [1.165, 1.54) is 12.1 Å². The van der Waals surface area contributed by atoms with Crippen LogP contribution in [-0.4, -0.2) is 18.8 Å². The molecular formula is C15H21F2NO. The van der Waals surface area contributed by atoms with Crippen molar-refractivity contribution in [3.63, 3.8) is 0 Å². The Morgan fingerprint density at radius 1 is 1.37 bits per heavy atom. The van der Waals surface area contributed by atoms with Gasteiger partial charge in [0.2, 0.25) is 0 Å². The monoisotopic (exact) mass is 269 g/mol. The van der Waals surface area contributed by atoms with Crippen LogP contribution < -0.4 is 5.32 Å². The first-order valence-electron chi connectivity index (χ1n) is 6.74. The van der Waals surface area contributed by atoms with Crippen molar-refractivity contribution in [1.82, 2.24) is 5.32 Å². The van der Waals surface area contributed by atoms with Crippen molar-refractivity contribution in [3.8, 4) is 0 Å². The average Bonchev–Trinajstić information content (AvgIpc) is 2.36. The summed E-state index contributed by atoms with van der Waals surface area (Å²) in [4.78, 5) is 0. The minimum Gasteiger partial charge on any atom is -0.378 e. The Bertz CT molecular complexity index is 448. The molecule has 0 amide bonds. The molecule has 1 fully saturated rings. The van der Waals surface area contributed by atoms with Gasteiger partial charge in [-0.2, -0.15) is 0 Å². The van der Waals surface area contributed by atoms with Crippen LogP contribution in [0.5, 0.6) is 0 Å². The lowest BCUT2D eigenvalue weighted by atomic mass is 9.64. The highest BCUT2D eigenvalue weighted by atomic mass is 19.1. The molecule has 19 heavy (non-hydrogen) atoms. The Morgan fingerprint density at radius 3 is 2.74 bits per heavy atom. The Labute approximate surface area is 113 Å². The van der Waals surface area contributed by atoms with Crippen LogP contribution in [0.25, 0.3) is 0 Å². The molecule has 0 spiro atoms. The zero-order valence-corrected chi connectivity index (χ0v) is 11.7. The van der Waals surface area contributed by atoms with Gasteiger partial charge in [0, 0.05) is 30.2 Å². The number of ether oxygens (including phenoxy) is 1. The molecule has 1 aliphatic carbocycles. The number of hydrogen-bond acceptors (Lipinski definition) is 2. The summed E-state index contributed by atoms with van der Waals surface area (Å²) in [5, 5.41) is 3.30.